The minimum atomic E-state index is -4.10. The number of nitrogens with one attached hydrogen (secondary N) is 1. The highest BCUT2D eigenvalue weighted by Crippen LogP contribution is 2.14. The molecule has 0 bridgehead atoms. The van der Waals surface area contributed by atoms with Crippen LogP contribution in [-0.2, 0) is 14.9 Å². The van der Waals surface area contributed by atoms with E-state index in [1.54, 1.807) is 0 Å². The molecule has 2 N–H and O–H groups in total. The lowest BCUT2D eigenvalue weighted by atomic mass is 10.0. The summed E-state index contributed by atoms with van der Waals surface area (Å²) in [6, 6.07) is -0.554. The maximum Gasteiger partial charge on any atom is 0.266 e. The van der Waals surface area contributed by atoms with Gasteiger partial charge >= 0.3 is 0 Å². The molecule has 0 aliphatic rings. The topological polar surface area (TPSA) is 83.5 Å². The van der Waals surface area contributed by atoms with E-state index in [4.69, 9.17) is 4.55 Å². The van der Waals surface area contributed by atoms with Crippen LogP contribution < -0.4 is 5.32 Å². The third-order valence-corrected chi connectivity index (χ3v) is 6.17. The summed E-state index contributed by atoms with van der Waals surface area (Å²) < 4.78 is 31.1. The van der Waals surface area contributed by atoms with E-state index >= 15 is 0 Å². The summed E-state index contributed by atoms with van der Waals surface area (Å²) in [6.45, 7) is 5.62. The lowest BCUT2D eigenvalue weighted by molar-refractivity contribution is -0.117. The molecule has 6 heteroatoms. The molecule has 29 heavy (non-hydrogen) atoms. The highest BCUT2D eigenvalue weighted by atomic mass is 32.2. The van der Waals surface area contributed by atoms with Crippen LogP contribution in [0.1, 0.15) is 116 Å². The summed E-state index contributed by atoms with van der Waals surface area (Å²) in [7, 11) is -4.10. The summed E-state index contributed by atoms with van der Waals surface area (Å²) in [5.41, 5.74) is 0. The molecule has 1 unspecified atom stereocenters. The second-order valence-corrected chi connectivity index (χ2v) is 9.75. The van der Waals surface area contributed by atoms with Crippen LogP contribution in [0.5, 0.6) is 0 Å². The summed E-state index contributed by atoms with van der Waals surface area (Å²) in [5.74, 6) is -0.846. The maximum atomic E-state index is 11.4. The van der Waals surface area contributed by atoms with E-state index < -0.39 is 27.8 Å². The standard InChI is InChI=1S/C23H45NO4S/c1-3-5-6-7-8-9-10-11-12-13-14-15-16-17-18-19-20-22(21-29(26,27)28)24-23(25)4-2/h4,22H,2-3,5-21H2,1H3,(H,24,25)(H,26,27,28). The third kappa shape index (κ3) is 21.6. The molecule has 0 heterocycles. The lowest BCUT2D eigenvalue weighted by Crippen LogP contribution is -2.38. The van der Waals surface area contributed by atoms with E-state index in [9.17, 15) is 13.2 Å². The van der Waals surface area contributed by atoms with Crippen molar-refractivity contribution in [2.24, 2.45) is 0 Å². The molecule has 0 aromatic carbocycles. The minimum absolute atomic E-state index is 0.407. The largest absolute Gasteiger partial charge is 0.349 e. The zero-order chi connectivity index (χ0) is 21.8. The van der Waals surface area contributed by atoms with Crippen LogP contribution in [-0.4, -0.2) is 30.7 Å². The van der Waals surface area contributed by atoms with Crippen molar-refractivity contribution in [1.82, 2.24) is 5.32 Å². The number of carbonyl (C=O) groups excluding carboxylic acids is 1. The molecular weight excluding hydrogens is 386 g/mol. The first-order valence-corrected chi connectivity index (χ1v) is 13.4. The Morgan fingerprint density at radius 2 is 1.21 bits per heavy atom. The van der Waals surface area contributed by atoms with Gasteiger partial charge in [-0.25, -0.2) is 0 Å². The Kier molecular flexibility index (Phi) is 18.5. The van der Waals surface area contributed by atoms with Crippen LogP contribution in [0.4, 0.5) is 0 Å². The molecule has 0 saturated carbocycles. The van der Waals surface area contributed by atoms with Gasteiger partial charge in [0, 0.05) is 6.04 Å². The molecule has 0 radical (unpaired) electrons. The second-order valence-electron chi connectivity index (χ2n) is 8.25. The summed E-state index contributed by atoms with van der Waals surface area (Å²) in [6.07, 6.45) is 22.2. The van der Waals surface area contributed by atoms with Crippen molar-refractivity contribution in [3.8, 4) is 0 Å². The van der Waals surface area contributed by atoms with Crippen LogP contribution in [0.15, 0.2) is 12.7 Å². The van der Waals surface area contributed by atoms with E-state index in [-0.39, 0.29) is 0 Å². The number of rotatable bonds is 21. The number of unbranched alkanes of at least 4 members (excludes halogenated alkanes) is 15. The third-order valence-electron chi connectivity index (χ3n) is 5.35. The van der Waals surface area contributed by atoms with Crippen molar-refractivity contribution in [3.05, 3.63) is 12.7 Å². The summed E-state index contributed by atoms with van der Waals surface area (Å²) >= 11 is 0. The SMILES string of the molecule is C=CC(=O)NC(CCCCCCCCCCCCCCCCCC)CS(=O)(=O)O. The lowest BCUT2D eigenvalue weighted by Gasteiger charge is -2.16. The van der Waals surface area contributed by atoms with Gasteiger partial charge in [-0.2, -0.15) is 8.42 Å². The van der Waals surface area contributed by atoms with Crippen LogP contribution >= 0.6 is 0 Å². The van der Waals surface area contributed by atoms with E-state index in [0.29, 0.717) is 6.42 Å². The van der Waals surface area contributed by atoms with Crippen molar-refractivity contribution in [2.75, 3.05) is 5.75 Å². The van der Waals surface area contributed by atoms with Gasteiger partial charge in [-0.05, 0) is 12.5 Å². The van der Waals surface area contributed by atoms with E-state index in [1.165, 1.54) is 83.5 Å². The molecule has 0 spiro atoms. The molecular formula is C23H45NO4S. The molecule has 0 rings (SSSR count). The monoisotopic (exact) mass is 431 g/mol. The quantitative estimate of drug-likeness (QED) is 0.129. The van der Waals surface area contributed by atoms with E-state index in [0.717, 1.165) is 25.3 Å². The Bertz CT molecular complexity index is 505. The van der Waals surface area contributed by atoms with Gasteiger partial charge in [0.15, 0.2) is 0 Å². The van der Waals surface area contributed by atoms with Crippen LogP contribution in [0.25, 0.3) is 0 Å². The number of amides is 1. The molecule has 0 aliphatic carbocycles. The van der Waals surface area contributed by atoms with Gasteiger partial charge in [-0.1, -0.05) is 116 Å². The molecule has 0 aromatic heterocycles. The van der Waals surface area contributed by atoms with Gasteiger partial charge in [0.2, 0.25) is 5.91 Å². The van der Waals surface area contributed by atoms with Gasteiger partial charge < -0.3 is 5.32 Å². The summed E-state index contributed by atoms with van der Waals surface area (Å²) in [5, 5.41) is 2.58. The number of carbonyl (C=O) groups is 1. The van der Waals surface area contributed by atoms with Crippen LogP contribution in [0, 0.1) is 0 Å². The Labute approximate surface area is 179 Å². The highest BCUT2D eigenvalue weighted by Gasteiger charge is 2.17. The Morgan fingerprint density at radius 3 is 1.55 bits per heavy atom. The van der Waals surface area contributed by atoms with E-state index in [1.807, 2.05) is 0 Å². The van der Waals surface area contributed by atoms with Crippen molar-refractivity contribution in [3.63, 3.8) is 0 Å². The van der Waals surface area contributed by atoms with Crippen molar-refractivity contribution in [1.29, 1.82) is 0 Å². The van der Waals surface area contributed by atoms with Crippen LogP contribution in [0.2, 0.25) is 0 Å². The fourth-order valence-electron chi connectivity index (χ4n) is 3.65. The normalized spacial score (nSPS) is 12.6. The average Bonchev–Trinajstić information content (AvgIpc) is 2.66. The predicted molar refractivity (Wildman–Crippen MR) is 123 cm³/mol. The van der Waals surface area contributed by atoms with Gasteiger partial charge in [0.05, 0.1) is 5.75 Å². The predicted octanol–water partition coefficient (Wildman–Crippen LogP) is 6.20. The Morgan fingerprint density at radius 1 is 0.828 bits per heavy atom. The Hall–Kier alpha value is -0.880. The van der Waals surface area contributed by atoms with Crippen molar-refractivity contribution < 1.29 is 17.8 Å². The first-order chi connectivity index (χ1) is 13.9. The number of hydrogen-bond donors (Lipinski definition) is 2. The molecule has 0 aliphatic heterocycles. The van der Waals surface area contributed by atoms with Gasteiger partial charge in [-0.3, -0.25) is 9.35 Å². The fourth-order valence-corrected chi connectivity index (χ4v) is 4.41. The summed E-state index contributed by atoms with van der Waals surface area (Å²) in [4.78, 5) is 11.4. The molecule has 1 amide bonds. The maximum absolute atomic E-state index is 11.4. The smallest absolute Gasteiger partial charge is 0.266 e. The molecule has 0 saturated heterocycles. The average molecular weight is 432 g/mol. The zero-order valence-corrected chi connectivity index (χ0v) is 19.5. The Balaban J connectivity index is 3.52. The van der Waals surface area contributed by atoms with E-state index in [2.05, 4.69) is 18.8 Å². The molecule has 0 aromatic rings. The molecule has 5 nitrogen and oxygen atoms in total. The minimum Gasteiger partial charge on any atom is -0.349 e. The molecule has 0 fully saturated rings. The van der Waals surface area contributed by atoms with Crippen molar-refractivity contribution in [2.45, 2.75) is 122 Å². The number of hydrogen-bond acceptors (Lipinski definition) is 3. The molecule has 1 atom stereocenters. The molecule has 172 valence electrons. The van der Waals surface area contributed by atoms with Gasteiger partial charge in [0.25, 0.3) is 10.1 Å². The first kappa shape index (κ1) is 28.1. The van der Waals surface area contributed by atoms with Crippen LogP contribution in [0.3, 0.4) is 0 Å². The van der Waals surface area contributed by atoms with Gasteiger partial charge in [-0.15, -0.1) is 0 Å². The zero-order valence-electron chi connectivity index (χ0n) is 18.7. The fraction of sp³-hybridized carbons (Fsp3) is 0.870. The first-order valence-electron chi connectivity index (χ1n) is 11.8. The van der Waals surface area contributed by atoms with Crippen molar-refractivity contribution >= 4 is 16.0 Å². The van der Waals surface area contributed by atoms with Gasteiger partial charge in [0.1, 0.15) is 0 Å². The highest BCUT2D eigenvalue weighted by molar-refractivity contribution is 7.85. The second kappa shape index (κ2) is 19.1.